The summed E-state index contributed by atoms with van der Waals surface area (Å²) in [4.78, 5) is 24.1. The number of carbonyl (C=O) groups is 1. The Labute approximate surface area is 127 Å². The molecule has 0 unspecified atom stereocenters. The molecule has 0 saturated carbocycles. The Kier molecular flexibility index (Phi) is 4.86. The van der Waals surface area contributed by atoms with Gasteiger partial charge in [-0.3, -0.25) is 0 Å². The van der Waals surface area contributed by atoms with Crippen molar-refractivity contribution >= 4 is 29.5 Å². The maximum absolute atomic E-state index is 11.4. The quantitative estimate of drug-likeness (QED) is 0.489. The predicted octanol–water partition coefficient (Wildman–Crippen LogP) is 1.57. The summed E-state index contributed by atoms with van der Waals surface area (Å²) in [7, 11) is 2.76. The van der Waals surface area contributed by atoms with E-state index in [2.05, 4.69) is 30.0 Å². The van der Waals surface area contributed by atoms with Crippen LogP contribution in [0.3, 0.4) is 0 Å². The Morgan fingerprint density at radius 2 is 2.00 bits per heavy atom. The third-order valence-corrected chi connectivity index (χ3v) is 2.77. The van der Waals surface area contributed by atoms with Crippen LogP contribution in [-0.2, 0) is 9.57 Å². The molecule has 1 heterocycles. The lowest BCUT2D eigenvalue weighted by atomic mass is 10.2. The number of oxime groups is 1. The maximum atomic E-state index is 11.4. The Bertz CT molecular complexity index is 685. The van der Waals surface area contributed by atoms with Gasteiger partial charge in [-0.1, -0.05) is 5.16 Å². The zero-order chi connectivity index (χ0) is 15.9. The molecule has 0 aliphatic rings. The number of benzene rings is 1. The molecule has 0 amide bonds. The van der Waals surface area contributed by atoms with Gasteiger partial charge in [0.05, 0.1) is 24.5 Å². The fraction of sp³-hybridized carbons (Fsp3) is 0.143. The van der Waals surface area contributed by atoms with Crippen molar-refractivity contribution < 1.29 is 14.4 Å². The lowest BCUT2D eigenvalue weighted by Crippen LogP contribution is -2.05. The minimum Gasteiger partial charge on any atom is -0.465 e. The van der Waals surface area contributed by atoms with Gasteiger partial charge in [-0.15, -0.1) is 0 Å². The lowest BCUT2D eigenvalue weighted by Gasteiger charge is -2.09. The number of nitrogen functional groups attached to an aromatic ring is 1. The van der Waals surface area contributed by atoms with E-state index in [1.54, 1.807) is 24.3 Å². The van der Waals surface area contributed by atoms with Crippen LogP contribution in [0.1, 0.15) is 15.9 Å². The van der Waals surface area contributed by atoms with Crippen LogP contribution >= 0.6 is 0 Å². The van der Waals surface area contributed by atoms with Crippen LogP contribution in [0.2, 0.25) is 0 Å². The van der Waals surface area contributed by atoms with Gasteiger partial charge in [-0.05, 0) is 24.3 Å². The lowest BCUT2D eigenvalue weighted by molar-refractivity contribution is 0.0601. The summed E-state index contributed by atoms with van der Waals surface area (Å²) in [6.45, 7) is 0. The Hall–Kier alpha value is -3.16. The summed E-state index contributed by atoms with van der Waals surface area (Å²) in [6, 6.07) is 6.73. The van der Waals surface area contributed by atoms with Gasteiger partial charge < -0.3 is 20.6 Å². The van der Waals surface area contributed by atoms with E-state index in [0.29, 0.717) is 16.9 Å². The van der Waals surface area contributed by atoms with Crippen LogP contribution in [-0.4, -0.2) is 36.4 Å². The summed E-state index contributed by atoms with van der Waals surface area (Å²) in [5, 5.41) is 6.74. The third-order valence-electron chi connectivity index (χ3n) is 2.77. The molecule has 8 heteroatoms. The number of ether oxygens (including phenoxy) is 1. The van der Waals surface area contributed by atoms with E-state index in [9.17, 15) is 4.79 Å². The summed E-state index contributed by atoms with van der Waals surface area (Å²) >= 11 is 0. The van der Waals surface area contributed by atoms with E-state index < -0.39 is 5.97 Å². The highest BCUT2D eigenvalue weighted by Gasteiger charge is 2.09. The smallest absolute Gasteiger partial charge is 0.337 e. The van der Waals surface area contributed by atoms with Crippen LogP contribution < -0.4 is 11.1 Å². The second-order valence-electron chi connectivity index (χ2n) is 4.13. The van der Waals surface area contributed by atoms with Gasteiger partial charge in [0.2, 0.25) is 0 Å². The number of nitrogens with zero attached hydrogens (tertiary/aromatic N) is 3. The number of methoxy groups -OCH3 is 1. The average molecular weight is 301 g/mol. The molecule has 0 bridgehead atoms. The highest BCUT2D eigenvalue weighted by Crippen LogP contribution is 2.20. The van der Waals surface area contributed by atoms with Crippen molar-refractivity contribution in [1.82, 2.24) is 9.97 Å². The van der Waals surface area contributed by atoms with Gasteiger partial charge in [0, 0.05) is 5.69 Å². The summed E-state index contributed by atoms with van der Waals surface area (Å²) < 4.78 is 4.65. The highest BCUT2D eigenvalue weighted by atomic mass is 16.6. The van der Waals surface area contributed by atoms with Crippen LogP contribution in [0.4, 0.5) is 17.3 Å². The number of anilines is 3. The first-order valence-electron chi connectivity index (χ1n) is 6.28. The molecule has 0 aliphatic carbocycles. The van der Waals surface area contributed by atoms with Gasteiger partial charge in [0.25, 0.3) is 0 Å². The van der Waals surface area contributed by atoms with Crippen LogP contribution in [0, 0.1) is 0 Å². The van der Waals surface area contributed by atoms with Crippen molar-refractivity contribution in [3.05, 3.63) is 41.7 Å². The van der Waals surface area contributed by atoms with E-state index in [-0.39, 0.29) is 5.82 Å². The SMILES string of the molecule is CO/N=C/c1c(N)ncnc1Nc1ccc(C(=O)OC)cc1. The van der Waals surface area contributed by atoms with Crippen molar-refractivity contribution in [2.45, 2.75) is 0 Å². The van der Waals surface area contributed by atoms with Crippen molar-refractivity contribution in [3.8, 4) is 0 Å². The summed E-state index contributed by atoms with van der Waals surface area (Å²) in [5.74, 6) is 0.342. The van der Waals surface area contributed by atoms with Gasteiger partial charge in [-0.25, -0.2) is 14.8 Å². The summed E-state index contributed by atoms with van der Waals surface area (Å²) in [6.07, 6.45) is 2.76. The standard InChI is InChI=1S/C14H15N5O3/c1-21-14(20)9-3-5-10(6-4-9)19-13-11(7-18-22-2)12(15)16-8-17-13/h3-8H,1-2H3,(H3,15,16,17,19)/b18-7+. The molecule has 0 radical (unpaired) electrons. The predicted molar refractivity (Wildman–Crippen MR) is 82.1 cm³/mol. The van der Waals surface area contributed by atoms with Crippen LogP contribution in [0.15, 0.2) is 35.7 Å². The van der Waals surface area contributed by atoms with Crippen LogP contribution in [0.25, 0.3) is 0 Å². The molecule has 1 aromatic heterocycles. The zero-order valence-electron chi connectivity index (χ0n) is 12.1. The molecule has 8 nitrogen and oxygen atoms in total. The van der Waals surface area contributed by atoms with Crippen molar-refractivity contribution in [1.29, 1.82) is 0 Å². The second kappa shape index (κ2) is 7.02. The molecular weight excluding hydrogens is 286 g/mol. The number of rotatable bonds is 5. The Morgan fingerprint density at radius 1 is 1.27 bits per heavy atom. The topological polar surface area (TPSA) is 112 Å². The van der Waals surface area contributed by atoms with Gasteiger partial charge >= 0.3 is 5.97 Å². The minimum atomic E-state index is -0.397. The average Bonchev–Trinajstić information content (AvgIpc) is 2.54. The molecule has 0 aliphatic heterocycles. The van der Waals surface area contributed by atoms with E-state index in [1.807, 2.05) is 0 Å². The Morgan fingerprint density at radius 3 is 2.64 bits per heavy atom. The molecule has 114 valence electrons. The van der Waals surface area contributed by atoms with Gasteiger partial charge in [0.15, 0.2) is 0 Å². The molecular formula is C14H15N5O3. The number of hydrogen-bond acceptors (Lipinski definition) is 8. The number of nitrogens with two attached hydrogens (primary N) is 1. The van der Waals surface area contributed by atoms with Crippen molar-refractivity contribution in [2.24, 2.45) is 5.16 Å². The Balaban J connectivity index is 2.25. The van der Waals surface area contributed by atoms with Crippen LogP contribution in [0.5, 0.6) is 0 Å². The van der Waals surface area contributed by atoms with E-state index in [1.165, 1.54) is 26.8 Å². The second-order valence-corrected chi connectivity index (χ2v) is 4.13. The molecule has 3 N–H and O–H groups in total. The first kappa shape index (κ1) is 15.2. The van der Waals surface area contributed by atoms with E-state index in [4.69, 9.17) is 5.73 Å². The fourth-order valence-electron chi connectivity index (χ4n) is 1.69. The normalized spacial score (nSPS) is 10.5. The largest absolute Gasteiger partial charge is 0.465 e. The molecule has 2 rings (SSSR count). The third kappa shape index (κ3) is 3.48. The van der Waals surface area contributed by atoms with Crippen molar-refractivity contribution in [3.63, 3.8) is 0 Å². The number of esters is 1. The molecule has 0 atom stereocenters. The number of nitrogens with one attached hydrogen (secondary N) is 1. The molecule has 22 heavy (non-hydrogen) atoms. The molecule has 2 aromatic rings. The van der Waals surface area contributed by atoms with Gasteiger partial charge in [0.1, 0.15) is 25.1 Å². The molecule has 0 saturated heterocycles. The maximum Gasteiger partial charge on any atom is 0.337 e. The first-order valence-corrected chi connectivity index (χ1v) is 6.28. The molecule has 1 aromatic carbocycles. The number of carbonyl (C=O) groups excluding carboxylic acids is 1. The number of aromatic nitrogens is 2. The summed E-state index contributed by atoms with van der Waals surface area (Å²) in [5.41, 5.74) is 7.48. The van der Waals surface area contributed by atoms with E-state index in [0.717, 1.165) is 5.69 Å². The van der Waals surface area contributed by atoms with Gasteiger partial charge in [-0.2, -0.15) is 0 Å². The van der Waals surface area contributed by atoms with E-state index >= 15 is 0 Å². The molecule has 0 fully saturated rings. The fourth-order valence-corrected chi connectivity index (χ4v) is 1.69. The molecule has 0 spiro atoms. The highest BCUT2D eigenvalue weighted by molar-refractivity contribution is 5.93. The number of hydrogen-bond donors (Lipinski definition) is 2. The first-order chi connectivity index (χ1) is 10.7. The monoisotopic (exact) mass is 301 g/mol. The zero-order valence-corrected chi connectivity index (χ0v) is 12.1. The van der Waals surface area contributed by atoms with Crippen molar-refractivity contribution in [2.75, 3.05) is 25.3 Å². The minimum absolute atomic E-state index is 0.268.